The van der Waals surface area contributed by atoms with Crippen molar-refractivity contribution in [1.82, 2.24) is 14.7 Å². The van der Waals surface area contributed by atoms with Crippen molar-refractivity contribution in [3.05, 3.63) is 0 Å². The zero-order chi connectivity index (χ0) is 14.7. The van der Waals surface area contributed by atoms with Crippen LogP contribution in [-0.4, -0.2) is 78.1 Å². The summed E-state index contributed by atoms with van der Waals surface area (Å²) in [5.74, 6) is -1.01. The summed E-state index contributed by atoms with van der Waals surface area (Å²) < 4.78 is 0. The minimum Gasteiger partial charge on any atom is -0.481 e. The molecule has 6 nitrogen and oxygen atoms in total. The summed E-state index contributed by atoms with van der Waals surface area (Å²) in [5, 5.41) is 9.00. The van der Waals surface area contributed by atoms with Crippen LogP contribution in [0.3, 0.4) is 0 Å². The number of piperidine rings is 1. The molecule has 2 rings (SSSR count). The fourth-order valence-corrected chi connectivity index (χ4v) is 3.20. The van der Waals surface area contributed by atoms with Crippen LogP contribution in [0.25, 0.3) is 0 Å². The van der Waals surface area contributed by atoms with Gasteiger partial charge in [0.1, 0.15) is 0 Å². The van der Waals surface area contributed by atoms with E-state index in [0.717, 1.165) is 25.9 Å². The van der Waals surface area contributed by atoms with E-state index in [9.17, 15) is 9.59 Å². The second-order valence-corrected chi connectivity index (χ2v) is 6.13. The Hall–Kier alpha value is -1.30. The quantitative estimate of drug-likeness (QED) is 0.837. The Kier molecular flexibility index (Phi) is 4.86. The van der Waals surface area contributed by atoms with E-state index in [1.165, 1.54) is 0 Å². The predicted molar refractivity (Wildman–Crippen MR) is 75.6 cm³/mol. The highest BCUT2D eigenvalue weighted by Crippen LogP contribution is 2.23. The number of amides is 2. The van der Waals surface area contributed by atoms with E-state index in [1.54, 1.807) is 0 Å². The van der Waals surface area contributed by atoms with Crippen molar-refractivity contribution in [2.75, 3.05) is 40.3 Å². The van der Waals surface area contributed by atoms with Crippen molar-refractivity contribution in [3.63, 3.8) is 0 Å². The molecule has 6 heteroatoms. The van der Waals surface area contributed by atoms with Gasteiger partial charge in [0.25, 0.3) is 0 Å². The maximum atomic E-state index is 12.6. The Bertz CT molecular complexity index is 365. The lowest BCUT2D eigenvalue weighted by Crippen LogP contribution is -2.50. The van der Waals surface area contributed by atoms with Crippen LogP contribution in [0.15, 0.2) is 0 Å². The van der Waals surface area contributed by atoms with Crippen molar-refractivity contribution in [1.29, 1.82) is 0 Å². The van der Waals surface area contributed by atoms with Crippen LogP contribution in [0.4, 0.5) is 4.79 Å². The van der Waals surface area contributed by atoms with Crippen LogP contribution in [0.2, 0.25) is 0 Å². The van der Waals surface area contributed by atoms with E-state index in [-0.39, 0.29) is 11.9 Å². The molecule has 0 aromatic heterocycles. The highest BCUT2D eigenvalue weighted by atomic mass is 16.4. The van der Waals surface area contributed by atoms with Crippen molar-refractivity contribution in [2.24, 2.45) is 5.92 Å². The summed E-state index contributed by atoms with van der Waals surface area (Å²) in [6.45, 7) is 2.87. The van der Waals surface area contributed by atoms with E-state index < -0.39 is 5.97 Å². The summed E-state index contributed by atoms with van der Waals surface area (Å²) in [6, 6.07) is 0.396. The fourth-order valence-electron chi connectivity index (χ4n) is 3.20. The molecule has 2 aliphatic heterocycles. The molecule has 0 bridgehead atoms. The standard InChI is InChI=1S/C14H25N3O3/c1-15(2)10-12-4-3-7-17(12)14(20)16-8-5-11(6-9-16)13(18)19/h11-12H,3-10H2,1-2H3,(H,18,19). The zero-order valence-electron chi connectivity index (χ0n) is 12.4. The minimum absolute atomic E-state index is 0.0955. The van der Waals surface area contributed by atoms with E-state index in [2.05, 4.69) is 4.90 Å². The Labute approximate surface area is 120 Å². The molecule has 0 aromatic carbocycles. The molecule has 1 atom stereocenters. The Balaban J connectivity index is 1.89. The maximum Gasteiger partial charge on any atom is 0.320 e. The van der Waals surface area contributed by atoms with Gasteiger partial charge in [0, 0.05) is 32.2 Å². The van der Waals surface area contributed by atoms with Gasteiger partial charge < -0.3 is 19.8 Å². The summed E-state index contributed by atoms with van der Waals surface area (Å²) in [4.78, 5) is 29.4. The molecule has 2 saturated heterocycles. The first-order valence-electron chi connectivity index (χ1n) is 7.42. The van der Waals surface area contributed by atoms with Crippen LogP contribution in [0.5, 0.6) is 0 Å². The first-order chi connectivity index (χ1) is 9.49. The van der Waals surface area contributed by atoms with Crippen LogP contribution in [0.1, 0.15) is 25.7 Å². The lowest BCUT2D eigenvalue weighted by molar-refractivity contribution is -0.143. The third-order valence-electron chi connectivity index (χ3n) is 4.31. The zero-order valence-corrected chi connectivity index (χ0v) is 12.4. The number of hydrogen-bond donors (Lipinski definition) is 1. The molecule has 20 heavy (non-hydrogen) atoms. The maximum absolute atomic E-state index is 12.6. The number of aliphatic carboxylic acids is 1. The van der Waals surface area contributed by atoms with Crippen LogP contribution in [0, 0.1) is 5.92 Å². The van der Waals surface area contributed by atoms with Crippen molar-refractivity contribution in [3.8, 4) is 0 Å². The van der Waals surface area contributed by atoms with Gasteiger partial charge in [-0.1, -0.05) is 0 Å². The normalized spacial score (nSPS) is 24.4. The Morgan fingerprint density at radius 1 is 1.15 bits per heavy atom. The molecule has 0 aliphatic carbocycles. The number of carboxylic acids is 1. The van der Waals surface area contributed by atoms with Gasteiger partial charge in [0.15, 0.2) is 0 Å². The third kappa shape index (κ3) is 3.42. The number of nitrogens with zero attached hydrogens (tertiary/aromatic N) is 3. The highest BCUT2D eigenvalue weighted by molar-refractivity contribution is 5.76. The lowest BCUT2D eigenvalue weighted by Gasteiger charge is -2.36. The molecule has 2 amide bonds. The average molecular weight is 283 g/mol. The Morgan fingerprint density at radius 3 is 2.35 bits per heavy atom. The van der Waals surface area contributed by atoms with Crippen LogP contribution < -0.4 is 0 Å². The number of rotatable bonds is 3. The number of hydrogen-bond acceptors (Lipinski definition) is 3. The number of urea groups is 1. The van der Waals surface area contributed by atoms with Crippen molar-refractivity contribution < 1.29 is 14.7 Å². The number of carbonyl (C=O) groups is 2. The number of likely N-dealkylation sites (tertiary alicyclic amines) is 2. The number of likely N-dealkylation sites (N-methyl/N-ethyl adjacent to an activating group) is 1. The largest absolute Gasteiger partial charge is 0.481 e. The topological polar surface area (TPSA) is 64.1 Å². The summed E-state index contributed by atoms with van der Waals surface area (Å²) >= 11 is 0. The lowest BCUT2D eigenvalue weighted by atomic mass is 9.97. The number of carboxylic acid groups (broad SMARTS) is 1. The second kappa shape index (κ2) is 6.43. The molecule has 1 unspecified atom stereocenters. The molecule has 2 fully saturated rings. The molecule has 0 saturated carbocycles. The fraction of sp³-hybridized carbons (Fsp3) is 0.857. The number of carbonyl (C=O) groups excluding carboxylic acids is 1. The van der Waals surface area contributed by atoms with E-state index in [0.29, 0.717) is 32.0 Å². The van der Waals surface area contributed by atoms with Gasteiger partial charge in [0.2, 0.25) is 0 Å². The molecule has 0 radical (unpaired) electrons. The first kappa shape index (κ1) is 15.1. The van der Waals surface area contributed by atoms with Crippen LogP contribution in [-0.2, 0) is 4.79 Å². The highest BCUT2D eigenvalue weighted by Gasteiger charge is 2.34. The van der Waals surface area contributed by atoms with E-state index >= 15 is 0 Å². The molecule has 1 N–H and O–H groups in total. The second-order valence-electron chi connectivity index (χ2n) is 6.13. The Morgan fingerprint density at radius 2 is 1.80 bits per heavy atom. The van der Waals surface area contributed by atoms with Crippen molar-refractivity contribution in [2.45, 2.75) is 31.7 Å². The minimum atomic E-state index is -0.733. The summed E-state index contributed by atoms with van der Waals surface area (Å²) in [5.41, 5.74) is 0. The molecule has 2 aliphatic rings. The van der Waals surface area contributed by atoms with Gasteiger partial charge in [-0.3, -0.25) is 4.79 Å². The van der Waals surface area contributed by atoms with Gasteiger partial charge in [-0.25, -0.2) is 4.79 Å². The summed E-state index contributed by atoms with van der Waals surface area (Å²) in [6.07, 6.45) is 3.28. The smallest absolute Gasteiger partial charge is 0.320 e. The van der Waals surface area contributed by atoms with Crippen LogP contribution >= 0.6 is 0 Å². The SMILES string of the molecule is CN(C)CC1CCCN1C(=O)N1CCC(C(=O)O)CC1. The van der Waals surface area contributed by atoms with E-state index in [1.807, 2.05) is 23.9 Å². The molecular weight excluding hydrogens is 258 g/mol. The first-order valence-corrected chi connectivity index (χ1v) is 7.42. The van der Waals surface area contributed by atoms with Gasteiger partial charge >= 0.3 is 12.0 Å². The third-order valence-corrected chi connectivity index (χ3v) is 4.31. The molecule has 2 heterocycles. The monoisotopic (exact) mass is 283 g/mol. The molecule has 0 aromatic rings. The molecular formula is C14H25N3O3. The average Bonchev–Trinajstić information content (AvgIpc) is 2.85. The van der Waals surface area contributed by atoms with Gasteiger partial charge in [0.05, 0.1) is 5.92 Å². The summed E-state index contributed by atoms with van der Waals surface area (Å²) in [7, 11) is 4.05. The van der Waals surface area contributed by atoms with Gasteiger partial charge in [-0.05, 0) is 39.8 Å². The molecule has 0 spiro atoms. The van der Waals surface area contributed by atoms with Gasteiger partial charge in [-0.15, -0.1) is 0 Å². The van der Waals surface area contributed by atoms with Gasteiger partial charge in [-0.2, -0.15) is 0 Å². The molecule has 114 valence electrons. The van der Waals surface area contributed by atoms with Crippen molar-refractivity contribution >= 4 is 12.0 Å². The predicted octanol–water partition coefficient (Wildman–Crippen LogP) is 0.929. The van der Waals surface area contributed by atoms with E-state index in [4.69, 9.17) is 5.11 Å².